The van der Waals surface area contributed by atoms with Crippen LogP contribution in [0.25, 0.3) is 0 Å². The summed E-state index contributed by atoms with van der Waals surface area (Å²) in [5, 5.41) is 37.1. The molecule has 0 aromatic rings. The fourth-order valence-corrected chi connectivity index (χ4v) is 9.47. The fraction of sp³-hybridized carbons (Fsp3) is 0.962. The molecule has 5 fully saturated rings. The first-order valence-corrected chi connectivity index (χ1v) is 13.5. The summed E-state index contributed by atoms with van der Waals surface area (Å²) in [5.74, 6) is -0.493. The Bertz CT molecular complexity index is 814. The number of amides is 1. The quantitative estimate of drug-likeness (QED) is 0.374. The number of aliphatic hydroxyl groups is 3. The highest BCUT2D eigenvalue weighted by Gasteiger charge is 2.78. The number of rotatable bonds is 7. The molecule has 0 aliphatic heterocycles. The first-order valence-electron chi connectivity index (χ1n) is 13.5. The van der Waals surface area contributed by atoms with Crippen LogP contribution in [0.1, 0.15) is 57.8 Å². The molecule has 11 atom stereocenters. The summed E-state index contributed by atoms with van der Waals surface area (Å²) in [6.45, 7) is 0.214. The molecule has 36 heavy (non-hydrogen) atoms. The van der Waals surface area contributed by atoms with E-state index in [9.17, 15) is 20.1 Å². The van der Waals surface area contributed by atoms with Crippen LogP contribution in [0.5, 0.6) is 0 Å². The average Bonchev–Trinajstić information content (AvgIpc) is 3.10. The zero-order valence-electron chi connectivity index (χ0n) is 21.7. The van der Waals surface area contributed by atoms with E-state index in [4.69, 9.17) is 23.7 Å². The van der Waals surface area contributed by atoms with Crippen LogP contribution < -0.4 is 5.32 Å². The lowest BCUT2D eigenvalue weighted by Crippen LogP contribution is -2.69. The Balaban J connectivity index is 1.67. The maximum absolute atomic E-state index is 13.0. The van der Waals surface area contributed by atoms with E-state index in [0.717, 1.165) is 25.7 Å². The van der Waals surface area contributed by atoms with Gasteiger partial charge in [-0.1, -0.05) is 12.8 Å². The van der Waals surface area contributed by atoms with Crippen molar-refractivity contribution in [3.05, 3.63) is 0 Å². The molecule has 4 N–H and O–H groups in total. The van der Waals surface area contributed by atoms with Gasteiger partial charge in [0.2, 0.25) is 0 Å². The second-order valence-electron chi connectivity index (χ2n) is 11.7. The smallest absolute Gasteiger partial charge is 0.407 e. The summed E-state index contributed by atoms with van der Waals surface area (Å²) < 4.78 is 28.7. The number of ether oxygens (including phenoxy) is 5. The van der Waals surface area contributed by atoms with Gasteiger partial charge in [-0.05, 0) is 62.7 Å². The molecule has 10 heteroatoms. The Labute approximate surface area is 212 Å². The van der Waals surface area contributed by atoms with Crippen molar-refractivity contribution in [2.45, 2.75) is 92.8 Å². The fourth-order valence-electron chi connectivity index (χ4n) is 9.47. The standard InChI is InChI=1S/C26H43NO9/c1-32-13-35-19-10-21-25(36-14-33-2)12-15(11-24(31)20(25)9-8-18(28)22(24)29)26(21,27-23(30)34-3)17-7-5-4-6-16(17)19/h15-22,28-29,31H,4-14H2,1-3H3,(H,27,30)/t15-,16+,17+,18?,19+,20+,21-,22+,24-,25+,26+/m0/s1. The van der Waals surface area contributed by atoms with Crippen LogP contribution >= 0.6 is 0 Å². The Morgan fingerprint density at radius 2 is 1.72 bits per heavy atom. The SMILES string of the molecule is COCO[C@@H]1C[C@H]2[C@@]3(OCOC)C[C@H](C[C@@]4(O)[C@H](O)C(O)CC[C@H]43)[C@@]2(NC(=O)OC)[C@@H]2CCCC[C@H]21. The van der Waals surface area contributed by atoms with Crippen LogP contribution in [0.4, 0.5) is 4.79 Å². The molecule has 5 aliphatic rings. The first-order chi connectivity index (χ1) is 17.3. The van der Waals surface area contributed by atoms with E-state index in [2.05, 4.69) is 5.32 Å². The lowest BCUT2D eigenvalue weighted by atomic mass is 9.53. The number of hydrogen-bond donors (Lipinski definition) is 4. The topological polar surface area (TPSA) is 136 Å². The summed E-state index contributed by atoms with van der Waals surface area (Å²) in [6.07, 6.45) is 3.59. The number of nitrogens with one attached hydrogen (secondary N) is 1. The largest absolute Gasteiger partial charge is 0.453 e. The van der Waals surface area contributed by atoms with Gasteiger partial charge in [0, 0.05) is 26.1 Å². The second kappa shape index (κ2) is 9.94. The monoisotopic (exact) mass is 513 g/mol. The van der Waals surface area contributed by atoms with Crippen molar-refractivity contribution >= 4 is 6.09 Å². The van der Waals surface area contributed by atoms with Gasteiger partial charge in [0.05, 0.1) is 36.1 Å². The lowest BCUT2D eigenvalue weighted by Gasteiger charge is -2.58. The van der Waals surface area contributed by atoms with Crippen molar-refractivity contribution in [2.24, 2.45) is 29.6 Å². The van der Waals surface area contributed by atoms with E-state index in [0.29, 0.717) is 25.7 Å². The third-order valence-corrected chi connectivity index (χ3v) is 10.5. The molecule has 206 valence electrons. The molecule has 5 rings (SSSR count). The van der Waals surface area contributed by atoms with Crippen molar-refractivity contribution in [1.29, 1.82) is 0 Å². The molecule has 0 aromatic heterocycles. The van der Waals surface area contributed by atoms with E-state index in [1.165, 1.54) is 7.11 Å². The minimum Gasteiger partial charge on any atom is -0.453 e. The van der Waals surface area contributed by atoms with Crippen molar-refractivity contribution in [3.8, 4) is 0 Å². The molecule has 0 heterocycles. The third kappa shape index (κ3) is 3.74. The summed E-state index contributed by atoms with van der Waals surface area (Å²) in [6, 6.07) is 0. The number of carbonyl (C=O) groups excluding carboxylic acids is 1. The van der Waals surface area contributed by atoms with Gasteiger partial charge in [-0.25, -0.2) is 4.79 Å². The number of aliphatic hydroxyl groups excluding tert-OH is 2. The lowest BCUT2D eigenvalue weighted by molar-refractivity contribution is -0.276. The molecule has 0 spiro atoms. The summed E-state index contributed by atoms with van der Waals surface area (Å²) in [7, 11) is 4.56. The van der Waals surface area contributed by atoms with Crippen molar-refractivity contribution in [1.82, 2.24) is 5.32 Å². The third-order valence-electron chi connectivity index (χ3n) is 10.5. The average molecular weight is 514 g/mol. The van der Waals surface area contributed by atoms with Gasteiger partial charge in [-0.2, -0.15) is 0 Å². The molecule has 5 aliphatic carbocycles. The highest BCUT2D eigenvalue weighted by Crippen LogP contribution is 2.70. The number of alkyl carbamates (subject to hydrolysis) is 1. The first kappa shape index (κ1) is 26.6. The highest BCUT2D eigenvalue weighted by atomic mass is 16.7. The summed E-state index contributed by atoms with van der Waals surface area (Å²) in [4.78, 5) is 13.0. The van der Waals surface area contributed by atoms with Gasteiger partial charge in [0.1, 0.15) is 19.7 Å². The van der Waals surface area contributed by atoms with Gasteiger partial charge in [-0.3, -0.25) is 0 Å². The normalized spacial score (nSPS) is 49.5. The molecular weight excluding hydrogens is 470 g/mol. The molecule has 1 unspecified atom stereocenters. The van der Waals surface area contributed by atoms with E-state index >= 15 is 0 Å². The zero-order chi connectivity index (χ0) is 25.7. The number of hydrogen-bond acceptors (Lipinski definition) is 9. The van der Waals surface area contributed by atoms with Gasteiger partial charge < -0.3 is 44.3 Å². The molecular formula is C26H43NO9. The van der Waals surface area contributed by atoms with Gasteiger partial charge in [0.15, 0.2) is 0 Å². The van der Waals surface area contributed by atoms with Gasteiger partial charge >= 0.3 is 6.09 Å². The van der Waals surface area contributed by atoms with Crippen LogP contribution in [-0.2, 0) is 23.7 Å². The number of fused-ring (bicyclic) bond motifs is 9. The predicted octanol–water partition coefficient (Wildman–Crippen LogP) is 1.54. The summed E-state index contributed by atoms with van der Waals surface area (Å²) >= 11 is 0. The maximum Gasteiger partial charge on any atom is 0.407 e. The Hall–Kier alpha value is -1.01. The van der Waals surface area contributed by atoms with Crippen molar-refractivity contribution < 1.29 is 43.8 Å². The van der Waals surface area contributed by atoms with Gasteiger partial charge in [0.25, 0.3) is 0 Å². The summed E-state index contributed by atoms with van der Waals surface area (Å²) in [5.41, 5.74) is -3.10. The Kier molecular flexibility index (Phi) is 7.35. The molecule has 0 saturated heterocycles. The minimum atomic E-state index is -1.54. The molecule has 10 nitrogen and oxygen atoms in total. The second-order valence-corrected chi connectivity index (χ2v) is 11.7. The van der Waals surface area contributed by atoms with Crippen LogP contribution in [0.15, 0.2) is 0 Å². The van der Waals surface area contributed by atoms with Crippen LogP contribution in [0, 0.1) is 29.6 Å². The van der Waals surface area contributed by atoms with Gasteiger partial charge in [-0.15, -0.1) is 0 Å². The predicted molar refractivity (Wildman–Crippen MR) is 127 cm³/mol. The number of carbonyl (C=O) groups is 1. The Morgan fingerprint density at radius 1 is 0.972 bits per heavy atom. The molecule has 0 radical (unpaired) electrons. The zero-order valence-corrected chi connectivity index (χ0v) is 21.7. The van der Waals surface area contributed by atoms with E-state index in [-0.39, 0.29) is 49.8 Å². The molecule has 0 aromatic carbocycles. The minimum absolute atomic E-state index is 0.0282. The van der Waals surface area contributed by atoms with Crippen LogP contribution in [0.3, 0.4) is 0 Å². The maximum atomic E-state index is 13.0. The Morgan fingerprint density at radius 3 is 2.44 bits per heavy atom. The highest BCUT2D eigenvalue weighted by molar-refractivity contribution is 5.69. The van der Waals surface area contributed by atoms with Crippen molar-refractivity contribution in [3.63, 3.8) is 0 Å². The van der Waals surface area contributed by atoms with Crippen molar-refractivity contribution in [2.75, 3.05) is 34.9 Å². The molecule has 1 amide bonds. The van der Waals surface area contributed by atoms with Crippen LogP contribution in [-0.4, -0.2) is 91.4 Å². The van der Waals surface area contributed by atoms with Crippen LogP contribution in [0.2, 0.25) is 0 Å². The molecule has 5 saturated carbocycles. The van der Waals surface area contributed by atoms with E-state index in [1.807, 2.05) is 0 Å². The molecule has 2 bridgehead atoms. The van der Waals surface area contributed by atoms with E-state index in [1.54, 1.807) is 14.2 Å². The van der Waals surface area contributed by atoms with E-state index < -0.39 is 41.0 Å². The number of methoxy groups -OCH3 is 3.